The number of rotatable bonds is 4. The second-order valence-corrected chi connectivity index (χ2v) is 27.8. The first-order chi connectivity index (χ1) is 9.39. The van der Waals surface area contributed by atoms with Gasteiger partial charge in [-0.1, -0.05) is 0 Å². The second-order valence-electron chi connectivity index (χ2n) is 4.15. The molecule has 20 heavy (non-hydrogen) atoms. The molecule has 0 unspecified atom stereocenters. The summed E-state index contributed by atoms with van der Waals surface area (Å²) in [4.78, 5) is 24.1. The van der Waals surface area contributed by atoms with Crippen molar-refractivity contribution >= 4 is 63.9 Å². The Bertz CT molecular complexity index is 509. The molecule has 1 aromatic heterocycles. The molecule has 0 radical (unpaired) electrons. The number of hydrogen-bond acceptors (Lipinski definition) is 4. The van der Waals surface area contributed by atoms with E-state index >= 15 is 0 Å². The monoisotopic (exact) mass is 540 g/mol. The van der Waals surface area contributed by atoms with Gasteiger partial charge in [0.15, 0.2) is 0 Å². The van der Waals surface area contributed by atoms with Crippen molar-refractivity contribution < 1.29 is 19.1 Å². The number of halogens is 2. The third-order valence-corrected chi connectivity index (χ3v) is 13.1. The van der Waals surface area contributed by atoms with Gasteiger partial charge in [-0.15, -0.1) is 0 Å². The standard InChI is InChI=1S/C12H14Br2O4Se2/c1-3-17-11(15)9-7-5-20(13,14)6-8(7)10(19-9)12(16)18-4-2/h3-6H2,1-2H3. The molecule has 0 N–H and O–H groups in total. The van der Waals surface area contributed by atoms with Crippen molar-refractivity contribution in [3.63, 3.8) is 0 Å². The minimum atomic E-state index is -1.94. The quantitative estimate of drug-likeness (QED) is 0.436. The van der Waals surface area contributed by atoms with Crippen LogP contribution in [0.25, 0.3) is 0 Å². The second kappa shape index (κ2) is 6.67. The molecule has 1 aromatic rings. The molecule has 4 nitrogen and oxygen atoms in total. The summed E-state index contributed by atoms with van der Waals surface area (Å²) in [5, 5.41) is 1.65. The Morgan fingerprint density at radius 2 is 1.45 bits per heavy atom. The van der Waals surface area contributed by atoms with E-state index in [0.717, 1.165) is 21.8 Å². The van der Waals surface area contributed by atoms with Gasteiger partial charge in [0.2, 0.25) is 0 Å². The zero-order chi connectivity index (χ0) is 14.9. The minimum absolute atomic E-state index is 0.283. The third-order valence-electron chi connectivity index (χ3n) is 2.75. The Kier molecular flexibility index (Phi) is 5.60. The summed E-state index contributed by atoms with van der Waals surface area (Å²) in [7, 11) is -1.94. The van der Waals surface area contributed by atoms with Crippen LogP contribution in [0.4, 0.5) is 0 Å². The van der Waals surface area contributed by atoms with Crippen LogP contribution in [0, 0.1) is 0 Å². The molecule has 0 spiro atoms. The van der Waals surface area contributed by atoms with Gasteiger partial charge in [-0.25, -0.2) is 0 Å². The van der Waals surface area contributed by atoms with Crippen LogP contribution in [0.15, 0.2) is 0 Å². The fourth-order valence-corrected chi connectivity index (χ4v) is 13.4. The summed E-state index contributed by atoms with van der Waals surface area (Å²) in [5.74, 6) is -0.567. The first kappa shape index (κ1) is 16.8. The third kappa shape index (κ3) is 3.42. The number of fused-ring (bicyclic) bond motifs is 1. The van der Waals surface area contributed by atoms with Crippen LogP contribution >= 0.6 is 28.2 Å². The van der Waals surface area contributed by atoms with Crippen LogP contribution < -0.4 is 0 Å². The van der Waals surface area contributed by atoms with E-state index < -0.39 is 9.23 Å². The molecule has 2 rings (SSSR count). The fourth-order valence-electron chi connectivity index (χ4n) is 2.00. The summed E-state index contributed by atoms with van der Waals surface area (Å²) in [6.45, 7) is 4.27. The van der Waals surface area contributed by atoms with Crippen molar-refractivity contribution in [2.24, 2.45) is 0 Å². The average molecular weight is 540 g/mol. The summed E-state index contributed by atoms with van der Waals surface area (Å²) in [6, 6.07) is 0. The van der Waals surface area contributed by atoms with Crippen LogP contribution in [-0.4, -0.2) is 48.9 Å². The van der Waals surface area contributed by atoms with Gasteiger partial charge >= 0.3 is 141 Å². The van der Waals surface area contributed by atoms with Gasteiger partial charge in [-0.3, -0.25) is 0 Å². The Morgan fingerprint density at radius 3 is 1.80 bits per heavy atom. The molecular weight excluding hydrogens is 526 g/mol. The predicted molar refractivity (Wildman–Crippen MR) is 86.3 cm³/mol. The summed E-state index contributed by atoms with van der Waals surface area (Å²) in [5.41, 5.74) is 2.03. The van der Waals surface area contributed by atoms with Crippen molar-refractivity contribution in [2.75, 3.05) is 13.2 Å². The van der Waals surface area contributed by atoms with E-state index in [1.165, 1.54) is 0 Å². The molecule has 8 heteroatoms. The zero-order valence-corrected chi connectivity index (χ0v) is 17.6. The van der Waals surface area contributed by atoms with Gasteiger partial charge in [0, 0.05) is 0 Å². The maximum atomic E-state index is 12.1. The van der Waals surface area contributed by atoms with Gasteiger partial charge in [-0.05, 0) is 0 Å². The number of carbonyl (C=O) groups excluding carboxylic acids is 2. The Hall–Kier alpha value is 0.419. The molecule has 0 bridgehead atoms. The maximum absolute atomic E-state index is 12.1. The molecule has 0 saturated heterocycles. The molecule has 0 aromatic carbocycles. The number of carbonyl (C=O) groups is 2. The van der Waals surface area contributed by atoms with Crippen molar-refractivity contribution in [3.05, 3.63) is 20.0 Å². The Balaban J connectivity index is 2.43. The van der Waals surface area contributed by atoms with Crippen LogP contribution in [0.3, 0.4) is 0 Å². The van der Waals surface area contributed by atoms with E-state index in [0.29, 0.717) is 22.1 Å². The Labute approximate surface area is 139 Å². The van der Waals surface area contributed by atoms with Crippen LogP contribution in [0.1, 0.15) is 43.4 Å². The van der Waals surface area contributed by atoms with Crippen LogP contribution in [0.5, 0.6) is 0 Å². The molecule has 0 saturated carbocycles. The number of hydrogen-bond donors (Lipinski definition) is 0. The first-order valence-electron chi connectivity index (χ1n) is 6.06. The molecule has 0 fully saturated rings. The van der Waals surface area contributed by atoms with E-state index in [4.69, 9.17) is 9.47 Å². The molecule has 0 aliphatic carbocycles. The molecule has 1 aliphatic heterocycles. The van der Waals surface area contributed by atoms with Crippen molar-refractivity contribution in [1.29, 1.82) is 0 Å². The van der Waals surface area contributed by atoms with Crippen LogP contribution in [-0.2, 0) is 20.1 Å². The normalized spacial score (nSPS) is 17.4. The van der Waals surface area contributed by atoms with E-state index in [-0.39, 0.29) is 26.4 Å². The zero-order valence-electron chi connectivity index (χ0n) is 11.0. The predicted octanol–water partition coefficient (Wildman–Crippen LogP) is 2.51. The van der Waals surface area contributed by atoms with E-state index in [1.54, 1.807) is 13.8 Å². The molecular formula is C12H14Br2O4Se2. The molecule has 1 aliphatic rings. The van der Waals surface area contributed by atoms with Crippen molar-refractivity contribution in [2.45, 2.75) is 24.5 Å². The van der Waals surface area contributed by atoms with Gasteiger partial charge in [0.1, 0.15) is 0 Å². The van der Waals surface area contributed by atoms with Crippen molar-refractivity contribution in [3.8, 4) is 0 Å². The van der Waals surface area contributed by atoms with Gasteiger partial charge < -0.3 is 0 Å². The van der Waals surface area contributed by atoms with Crippen LogP contribution in [0.2, 0.25) is 0 Å². The fraction of sp³-hybridized carbons (Fsp3) is 0.500. The molecule has 112 valence electrons. The van der Waals surface area contributed by atoms with Gasteiger partial charge in [0.05, 0.1) is 0 Å². The molecule has 2 heterocycles. The summed E-state index contributed by atoms with van der Waals surface area (Å²) in [6.07, 6.45) is 0. The van der Waals surface area contributed by atoms with E-state index in [1.807, 2.05) is 0 Å². The Morgan fingerprint density at radius 1 is 1.05 bits per heavy atom. The summed E-state index contributed by atoms with van der Waals surface area (Å²) >= 11 is 7.18. The molecule has 0 atom stereocenters. The SMILES string of the molecule is CCOC(=O)c1[se]c(C(=O)OCC)c2c1C[Se](Br)(Br)C2. The summed E-state index contributed by atoms with van der Waals surface area (Å²) < 4.78 is 11.6. The number of esters is 2. The topological polar surface area (TPSA) is 52.6 Å². The van der Waals surface area contributed by atoms with Gasteiger partial charge in [-0.2, -0.15) is 0 Å². The van der Waals surface area contributed by atoms with E-state index in [9.17, 15) is 9.59 Å². The van der Waals surface area contributed by atoms with Crippen molar-refractivity contribution in [1.82, 2.24) is 0 Å². The van der Waals surface area contributed by atoms with Gasteiger partial charge in [0.25, 0.3) is 0 Å². The average Bonchev–Trinajstić information content (AvgIpc) is 2.82. The molecule has 0 amide bonds. The number of ether oxygens (including phenoxy) is 2. The first-order valence-corrected chi connectivity index (χ1v) is 18.2. The van der Waals surface area contributed by atoms with E-state index in [2.05, 4.69) is 28.2 Å².